The number of hydrogen-bond acceptors (Lipinski definition) is 3. The van der Waals surface area contributed by atoms with Crippen molar-refractivity contribution in [2.24, 2.45) is 7.05 Å². The molecule has 6 nitrogen and oxygen atoms in total. The summed E-state index contributed by atoms with van der Waals surface area (Å²) in [6.07, 6.45) is -12.3. The van der Waals surface area contributed by atoms with Gasteiger partial charge in [-0.15, -0.1) is 0 Å². The zero-order valence-corrected chi connectivity index (χ0v) is 19.1. The Morgan fingerprint density at radius 2 is 1.53 bits per heavy atom. The van der Waals surface area contributed by atoms with Crippen LogP contribution in [-0.4, -0.2) is 27.8 Å². The van der Waals surface area contributed by atoms with Gasteiger partial charge in [0, 0.05) is 18.8 Å². The van der Waals surface area contributed by atoms with E-state index in [1.165, 1.54) is 0 Å². The molecule has 0 aliphatic heterocycles. The lowest BCUT2D eigenvalue weighted by Crippen LogP contribution is -2.36. The molecule has 17 heteroatoms. The molecule has 38 heavy (non-hydrogen) atoms. The molecule has 3 aromatic rings. The van der Waals surface area contributed by atoms with Crippen molar-refractivity contribution in [1.29, 1.82) is 0 Å². The Labute approximate surface area is 210 Å². The minimum absolute atomic E-state index is 0.103. The number of carbonyl (C=O) groups excluding carboxylic acids is 2. The Morgan fingerprint density at radius 3 is 2.08 bits per heavy atom. The van der Waals surface area contributed by atoms with Crippen LogP contribution >= 0.6 is 11.6 Å². The molecule has 0 bridgehead atoms. The molecule has 0 aliphatic rings. The number of nitrogens with zero attached hydrogens (tertiary/aromatic N) is 2. The van der Waals surface area contributed by atoms with Crippen LogP contribution in [0.4, 0.5) is 55.3 Å². The van der Waals surface area contributed by atoms with Gasteiger partial charge in [-0.1, -0.05) is 11.6 Å². The molecule has 0 spiro atoms. The summed E-state index contributed by atoms with van der Waals surface area (Å²) in [5, 5.41) is 6.20. The number of anilines is 2. The predicted molar refractivity (Wildman–Crippen MR) is 112 cm³/mol. The van der Waals surface area contributed by atoms with Crippen molar-refractivity contribution in [1.82, 2.24) is 9.78 Å². The van der Waals surface area contributed by atoms with E-state index in [4.69, 9.17) is 11.6 Å². The van der Waals surface area contributed by atoms with Crippen LogP contribution in [0.1, 0.15) is 32.1 Å². The van der Waals surface area contributed by atoms with Crippen LogP contribution in [0.5, 0.6) is 0 Å². The quantitative estimate of drug-likeness (QED) is 0.339. The van der Waals surface area contributed by atoms with Crippen LogP contribution in [0.15, 0.2) is 36.4 Å². The summed E-state index contributed by atoms with van der Waals surface area (Å²) in [7, 11) is 0.540. The van der Waals surface area contributed by atoms with Crippen LogP contribution in [0, 0.1) is 11.6 Å². The summed E-state index contributed by atoms with van der Waals surface area (Å²) in [5.74, 6) is -11.1. The van der Waals surface area contributed by atoms with Gasteiger partial charge in [-0.2, -0.15) is 40.2 Å². The lowest BCUT2D eigenvalue weighted by Gasteiger charge is -2.19. The van der Waals surface area contributed by atoms with Gasteiger partial charge in [-0.25, -0.2) is 8.78 Å². The third-order valence-electron chi connectivity index (χ3n) is 4.85. The van der Waals surface area contributed by atoms with Gasteiger partial charge in [0.1, 0.15) is 22.9 Å². The van der Waals surface area contributed by atoms with E-state index in [9.17, 15) is 53.5 Å². The third kappa shape index (κ3) is 5.54. The maximum absolute atomic E-state index is 13.8. The highest BCUT2D eigenvalue weighted by Crippen LogP contribution is 2.48. The number of aromatic nitrogens is 2. The van der Waals surface area contributed by atoms with E-state index in [0.29, 0.717) is 13.1 Å². The Bertz CT molecular complexity index is 1420. The number of aryl methyl sites for hydroxylation is 1. The number of hydrogen-bond donors (Lipinski definition) is 2. The van der Waals surface area contributed by atoms with Gasteiger partial charge < -0.3 is 10.6 Å². The third-order valence-corrected chi connectivity index (χ3v) is 5.18. The highest BCUT2D eigenvalue weighted by Gasteiger charge is 2.64. The maximum Gasteiger partial charge on any atom is 0.459 e. The number of amides is 2. The molecule has 2 amide bonds. The fourth-order valence-corrected chi connectivity index (χ4v) is 3.36. The van der Waals surface area contributed by atoms with Gasteiger partial charge >= 0.3 is 18.3 Å². The maximum atomic E-state index is 13.8. The van der Waals surface area contributed by atoms with E-state index >= 15 is 0 Å². The molecule has 0 unspecified atom stereocenters. The molecular weight excluding hydrogens is 566 g/mol. The van der Waals surface area contributed by atoms with E-state index in [1.54, 1.807) is 0 Å². The first kappa shape index (κ1) is 28.7. The van der Waals surface area contributed by atoms with Crippen LogP contribution in [0.25, 0.3) is 0 Å². The minimum Gasteiger partial charge on any atom is -0.321 e. The molecule has 2 aromatic carbocycles. The van der Waals surface area contributed by atoms with Crippen molar-refractivity contribution in [2.45, 2.75) is 18.3 Å². The molecule has 1 aromatic heterocycles. The Kier molecular flexibility index (Phi) is 7.42. The van der Waals surface area contributed by atoms with Gasteiger partial charge in [0.05, 0.1) is 16.3 Å². The van der Waals surface area contributed by atoms with Gasteiger partial charge in [0.25, 0.3) is 11.8 Å². The van der Waals surface area contributed by atoms with Crippen molar-refractivity contribution in [3.63, 3.8) is 0 Å². The monoisotopic (exact) mass is 576 g/mol. The number of halogens is 11. The largest absolute Gasteiger partial charge is 0.459 e. The second-order valence-electron chi connectivity index (χ2n) is 7.49. The second kappa shape index (κ2) is 9.81. The second-order valence-corrected chi connectivity index (χ2v) is 7.90. The number of rotatable bonds is 5. The summed E-state index contributed by atoms with van der Waals surface area (Å²) in [5.41, 5.74) is -8.46. The van der Waals surface area contributed by atoms with Crippen LogP contribution < -0.4 is 10.6 Å². The minimum atomic E-state index is -6.46. The lowest BCUT2D eigenvalue weighted by molar-refractivity contribution is -0.292. The molecule has 0 atom stereocenters. The van der Waals surface area contributed by atoms with Crippen molar-refractivity contribution >= 4 is 34.8 Å². The molecule has 0 fully saturated rings. The van der Waals surface area contributed by atoms with Crippen molar-refractivity contribution < 1.29 is 53.5 Å². The Morgan fingerprint density at radius 1 is 0.895 bits per heavy atom. The van der Waals surface area contributed by atoms with E-state index in [2.05, 4.69) is 5.10 Å². The first-order chi connectivity index (χ1) is 17.3. The van der Waals surface area contributed by atoms with Gasteiger partial charge in [-0.3, -0.25) is 14.3 Å². The molecule has 0 saturated heterocycles. The normalized spacial score (nSPS) is 12.4. The van der Waals surface area contributed by atoms with E-state index in [-0.39, 0.29) is 9.70 Å². The fourth-order valence-electron chi connectivity index (χ4n) is 3.15. The lowest BCUT2D eigenvalue weighted by atomic mass is 10.1. The molecule has 0 saturated carbocycles. The van der Waals surface area contributed by atoms with Crippen molar-refractivity contribution in [3.05, 3.63) is 75.6 Å². The van der Waals surface area contributed by atoms with Gasteiger partial charge in [0.15, 0.2) is 5.69 Å². The van der Waals surface area contributed by atoms with E-state index in [0.717, 1.165) is 30.3 Å². The predicted octanol–water partition coefficient (Wildman–Crippen LogP) is 6.53. The van der Waals surface area contributed by atoms with Crippen LogP contribution in [0.2, 0.25) is 5.02 Å². The first-order valence-corrected chi connectivity index (χ1v) is 10.2. The molecule has 204 valence electrons. The number of benzene rings is 2. The van der Waals surface area contributed by atoms with E-state index < -0.39 is 75.6 Å². The van der Waals surface area contributed by atoms with Gasteiger partial charge in [0.2, 0.25) is 0 Å². The standard InChI is InChI=1S/C21H11ClF10N4O2/c1-36-15(14(20(27,28)29)16(35-36)19(25,26)21(30,31)32)18(38)33-9-3-4-11(22)10(7-9)17(37)34-13-5-2-8(23)6-12(13)24/h2-7H,1H3,(H,33,38)(H,34,37). The molecule has 1 heterocycles. The fraction of sp³-hybridized carbons (Fsp3) is 0.190. The van der Waals surface area contributed by atoms with E-state index in [1.807, 2.05) is 10.6 Å². The summed E-state index contributed by atoms with van der Waals surface area (Å²) >= 11 is 5.90. The molecule has 2 N–H and O–H groups in total. The average molecular weight is 577 g/mol. The van der Waals surface area contributed by atoms with Crippen molar-refractivity contribution in [2.75, 3.05) is 10.6 Å². The number of alkyl halides is 8. The smallest absolute Gasteiger partial charge is 0.321 e. The zero-order chi connectivity index (χ0) is 28.8. The molecular formula is C21H11ClF10N4O2. The van der Waals surface area contributed by atoms with Crippen LogP contribution in [-0.2, 0) is 19.1 Å². The summed E-state index contributed by atoms with van der Waals surface area (Å²) in [6.45, 7) is 0. The van der Waals surface area contributed by atoms with Crippen molar-refractivity contribution in [3.8, 4) is 0 Å². The number of carbonyl (C=O) groups is 2. The summed E-state index contributed by atoms with van der Waals surface area (Å²) in [4.78, 5) is 25.1. The highest BCUT2D eigenvalue weighted by atomic mass is 35.5. The Hall–Kier alpha value is -3.82. The Balaban J connectivity index is 1.98. The number of nitrogens with one attached hydrogen (secondary N) is 2. The SMILES string of the molecule is Cn1nc(C(F)(F)C(F)(F)F)c(C(F)(F)F)c1C(=O)Nc1ccc(Cl)c(C(=O)Nc2ccc(F)cc2F)c1. The summed E-state index contributed by atoms with van der Waals surface area (Å²) in [6, 6.07) is 4.88. The van der Waals surface area contributed by atoms with Crippen LogP contribution in [0.3, 0.4) is 0 Å². The average Bonchev–Trinajstić information content (AvgIpc) is 3.14. The summed E-state index contributed by atoms with van der Waals surface area (Å²) < 4.78 is 133. The molecule has 0 aliphatic carbocycles. The van der Waals surface area contributed by atoms with Gasteiger partial charge in [-0.05, 0) is 30.3 Å². The topological polar surface area (TPSA) is 76.0 Å². The molecule has 3 rings (SSSR count). The molecule has 0 radical (unpaired) electrons. The zero-order valence-electron chi connectivity index (χ0n) is 18.3. The first-order valence-electron chi connectivity index (χ1n) is 9.81. The highest BCUT2D eigenvalue weighted by molar-refractivity contribution is 6.34.